The molecule has 0 amide bonds. The van der Waals surface area contributed by atoms with Crippen LogP contribution >= 0.6 is 11.6 Å². The lowest BCUT2D eigenvalue weighted by molar-refractivity contribution is -0.156. The molecule has 1 aromatic carbocycles. The first-order valence-electron chi connectivity index (χ1n) is 5.70. The third-order valence-corrected chi connectivity index (χ3v) is 2.48. The summed E-state index contributed by atoms with van der Waals surface area (Å²) in [5.41, 5.74) is 0.679. The third kappa shape index (κ3) is 4.37. The fraction of sp³-hybridized carbons (Fsp3) is 0.385. The molecule has 0 aromatic heterocycles. The van der Waals surface area contributed by atoms with Gasteiger partial charge in [0, 0.05) is 10.6 Å². The number of halogens is 1. The molecule has 1 atom stereocenters. The second-order valence-electron chi connectivity index (χ2n) is 3.44. The zero-order valence-corrected chi connectivity index (χ0v) is 11.1. The Morgan fingerprint density at radius 2 is 2.39 bits per heavy atom. The second-order valence-corrected chi connectivity index (χ2v) is 3.84. The van der Waals surface area contributed by atoms with E-state index in [4.69, 9.17) is 21.2 Å². The average Bonchev–Trinajstić information content (AvgIpc) is 2.37. The van der Waals surface area contributed by atoms with Gasteiger partial charge in [0.1, 0.15) is 0 Å². The summed E-state index contributed by atoms with van der Waals surface area (Å²) < 4.78 is 4.85. The van der Waals surface area contributed by atoms with Gasteiger partial charge in [0.05, 0.1) is 12.8 Å². The Hall–Kier alpha value is -1.55. The van der Waals surface area contributed by atoms with Crippen molar-refractivity contribution in [2.75, 3.05) is 6.61 Å². The van der Waals surface area contributed by atoms with Gasteiger partial charge in [0.25, 0.3) is 0 Å². The standard InChI is InChI=1S/C13H15ClNO3/c1-3-12(13(16)17-4-2)18-15-9-10-7-5-6-8-11(10)14/h6-9,12H,3-4H2,1-2H3/b15-9+. The van der Waals surface area contributed by atoms with Crippen molar-refractivity contribution in [3.63, 3.8) is 0 Å². The van der Waals surface area contributed by atoms with Gasteiger partial charge in [-0.2, -0.15) is 0 Å². The largest absolute Gasteiger partial charge is 0.463 e. The molecule has 97 valence electrons. The number of hydrogen-bond acceptors (Lipinski definition) is 4. The SMILES string of the molecule is CCOC(=O)C(CC)O/N=C/c1c[c]ccc1Cl. The quantitative estimate of drug-likeness (QED) is 0.453. The maximum absolute atomic E-state index is 11.4. The molecule has 0 fully saturated rings. The van der Waals surface area contributed by atoms with Crippen molar-refractivity contribution in [2.24, 2.45) is 5.16 Å². The lowest BCUT2D eigenvalue weighted by Crippen LogP contribution is -2.24. The summed E-state index contributed by atoms with van der Waals surface area (Å²) in [5.74, 6) is -0.414. The van der Waals surface area contributed by atoms with E-state index in [1.54, 1.807) is 25.1 Å². The summed E-state index contributed by atoms with van der Waals surface area (Å²) in [6, 6.07) is 7.96. The summed E-state index contributed by atoms with van der Waals surface area (Å²) in [5, 5.41) is 4.29. The molecule has 0 aliphatic rings. The van der Waals surface area contributed by atoms with Gasteiger partial charge < -0.3 is 9.57 Å². The van der Waals surface area contributed by atoms with E-state index in [9.17, 15) is 4.79 Å². The fourth-order valence-electron chi connectivity index (χ4n) is 1.20. The predicted octanol–water partition coefficient (Wildman–Crippen LogP) is 2.83. The van der Waals surface area contributed by atoms with Crippen LogP contribution in [0.15, 0.2) is 23.4 Å². The molecule has 0 saturated heterocycles. The van der Waals surface area contributed by atoms with Crippen LogP contribution in [0.4, 0.5) is 0 Å². The Balaban J connectivity index is 2.58. The molecule has 5 heteroatoms. The lowest BCUT2D eigenvalue weighted by atomic mass is 10.2. The number of esters is 1. The minimum atomic E-state index is -0.687. The van der Waals surface area contributed by atoms with Gasteiger partial charge in [-0.1, -0.05) is 29.7 Å². The Labute approximate surface area is 112 Å². The average molecular weight is 269 g/mol. The zero-order valence-electron chi connectivity index (χ0n) is 10.4. The number of carbonyl (C=O) groups excluding carboxylic acids is 1. The maximum atomic E-state index is 11.4. The number of ether oxygens (including phenoxy) is 1. The van der Waals surface area contributed by atoms with E-state index < -0.39 is 12.1 Å². The van der Waals surface area contributed by atoms with Gasteiger partial charge in [-0.25, -0.2) is 4.79 Å². The van der Waals surface area contributed by atoms with Crippen LogP contribution in [0, 0.1) is 6.07 Å². The molecule has 18 heavy (non-hydrogen) atoms. The molecule has 0 aliphatic heterocycles. The topological polar surface area (TPSA) is 47.9 Å². The Morgan fingerprint density at radius 3 is 3.00 bits per heavy atom. The number of rotatable bonds is 6. The van der Waals surface area contributed by atoms with Crippen LogP contribution in [-0.4, -0.2) is 24.9 Å². The first kappa shape index (κ1) is 14.5. The molecular weight excluding hydrogens is 254 g/mol. The van der Waals surface area contributed by atoms with E-state index >= 15 is 0 Å². The van der Waals surface area contributed by atoms with Crippen molar-refractivity contribution >= 4 is 23.8 Å². The molecule has 1 rings (SSSR count). The highest BCUT2D eigenvalue weighted by Crippen LogP contribution is 2.12. The van der Waals surface area contributed by atoms with E-state index in [2.05, 4.69) is 11.2 Å². The van der Waals surface area contributed by atoms with Gasteiger partial charge in [-0.3, -0.25) is 0 Å². The van der Waals surface area contributed by atoms with Crippen LogP contribution in [0.5, 0.6) is 0 Å². The van der Waals surface area contributed by atoms with Crippen molar-refractivity contribution in [3.05, 3.63) is 34.9 Å². The molecule has 1 unspecified atom stereocenters. The first-order chi connectivity index (χ1) is 8.69. The van der Waals surface area contributed by atoms with Crippen LogP contribution in [0.3, 0.4) is 0 Å². The van der Waals surface area contributed by atoms with E-state index in [-0.39, 0.29) is 0 Å². The smallest absolute Gasteiger partial charge is 0.350 e. The number of benzene rings is 1. The Bertz CT molecular complexity index is 420. The highest BCUT2D eigenvalue weighted by molar-refractivity contribution is 6.33. The van der Waals surface area contributed by atoms with Gasteiger partial charge in [-0.15, -0.1) is 0 Å². The van der Waals surface area contributed by atoms with E-state index in [1.807, 2.05) is 6.92 Å². The Kier molecular flexibility index (Phi) is 6.22. The lowest BCUT2D eigenvalue weighted by Gasteiger charge is -2.10. The summed E-state index contributed by atoms with van der Waals surface area (Å²) >= 11 is 5.93. The predicted molar refractivity (Wildman–Crippen MR) is 69.7 cm³/mol. The summed E-state index contributed by atoms with van der Waals surface area (Å²) in [6.45, 7) is 3.88. The van der Waals surface area contributed by atoms with Crippen LogP contribution in [0.25, 0.3) is 0 Å². The van der Waals surface area contributed by atoms with Crippen molar-refractivity contribution < 1.29 is 14.4 Å². The van der Waals surface area contributed by atoms with Crippen molar-refractivity contribution in [1.29, 1.82) is 0 Å². The molecule has 0 saturated carbocycles. The maximum Gasteiger partial charge on any atom is 0.350 e. The normalized spacial score (nSPS) is 12.4. The third-order valence-electron chi connectivity index (χ3n) is 2.14. The fourth-order valence-corrected chi connectivity index (χ4v) is 1.37. The molecular formula is C13H15ClNO3. The summed E-state index contributed by atoms with van der Waals surface area (Å²) in [7, 11) is 0. The molecule has 0 spiro atoms. The minimum Gasteiger partial charge on any atom is -0.463 e. The molecule has 1 radical (unpaired) electrons. The second kappa shape index (κ2) is 7.71. The van der Waals surface area contributed by atoms with Crippen LogP contribution in [0.2, 0.25) is 5.02 Å². The summed E-state index contributed by atoms with van der Waals surface area (Å²) in [6.07, 6.45) is 1.25. The van der Waals surface area contributed by atoms with Crippen LogP contribution < -0.4 is 0 Å². The monoisotopic (exact) mass is 268 g/mol. The molecule has 4 nitrogen and oxygen atoms in total. The summed E-state index contributed by atoms with van der Waals surface area (Å²) in [4.78, 5) is 16.5. The van der Waals surface area contributed by atoms with Crippen LogP contribution in [0.1, 0.15) is 25.8 Å². The molecule has 0 heterocycles. The minimum absolute atomic E-state index is 0.321. The highest BCUT2D eigenvalue weighted by atomic mass is 35.5. The van der Waals surface area contributed by atoms with E-state index in [1.165, 1.54) is 6.21 Å². The van der Waals surface area contributed by atoms with Gasteiger partial charge >= 0.3 is 5.97 Å². The number of carbonyl (C=O) groups is 1. The van der Waals surface area contributed by atoms with Crippen LogP contribution in [-0.2, 0) is 14.4 Å². The number of oxime groups is 1. The molecule has 0 N–H and O–H groups in total. The van der Waals surface area contributed by atoms with E-state index in [0.717, 1.165) is 0 Å². The van der Waals surface area contributed by atoms with Gasteiger partial charge in [0.2, 0.25) is 6.10 Å². The zero-order chi connectivity index (χ0) is 13.4. The van der Waals surface area contributed by atoms with Crippen molar-refractivity contribution in [1.82, 2.24) is 0 Å². The number of hydrogen-bond donors (Lipinski definition) is 0. The first-order valence-corrected chi connectivity index (χ1v) is 6.08. The van der Waals surface area contributed by atoms with Crippen molar-refractivity contribution in [2.45, 2.75) is 26.4 Å². The Morgan fingerprint density at radius 1 is 1.61 bits per heavy atom. The molecule has 1 aromatic rings. The highest BCUT2D eigenvalue weighted by Gasteiger charge is 2.18. The molecule has 0 aliphatic carbocycles. The van der Waals surface area contributed by atoms with Gasteiger partial charge in [0.15, 0.2) is 0 Å². The van der Waals surface area contributed by atoms with Gasteiger partial charge in [-0.05, 0) is 31.5 Å². The number of nitrogens with zero attached hydrogens (tertiary/aromatic N) is 1. The van der Waals surface area contributed by atoms with E-state index in [0.29, 0.717) is 23.6 Å². The molecule has 0 bridgehead atoms. The van der Waals surface area contributed by atoms with Crippen molar-refractivity contribution in [3.8, 4) is 0 Å².